The van der Waals surface area contributed by atoms with E-state index in [9.17, 15) is 14.9 Å². The number of carbonyl (C=O) groups is 1. The fourth-order valence-electron chi connectivity index (χ4n) is 3.23. The van der Waals surface area contributed by atoms with E-state index in [2.05, 4.69) is 22.0 Å². The first kappa shape index (κ1) is 22.9. The molecule has 31 heavy (non-hydrogen) atoms. The first-order chi connectivity index (χ1) is 14.5. The molecule has 0 aliphatic rings. The summed E-state index contributed by atoms with van der Waals surface area (Å²) in [6, 6.07) is 15.4. The van der Waals surface area contributed by atoms with Gasteiger partial charge in [0.15, 0.2) is 5.78 Å². The van der Waals surface area contributed by atoms with Gasteiger partial charge in [-0.1, -0.05) is 72.6 Å². The Labute approximate surface area is 193 Å². The predicted octanol–water partition coefficient (Wildman–Crippen LogP) is 4.40. The van der Waals surface area contributed by atoms with Crippen molar-refractivity contribution < 1.29 is 4.79 Å². The van der Waals surface area contributed by atoms with Gasteiger partial charge in [-0.2, -0.15) is 5.26 Å². The highest BCUT2D eigenvalue weighted by atomic mass is 79.9. The maximum atomic E-state index is 13.5. The summed E-state index contributed by atoms with van der Waals surface area (Å²) in [5, 5.41) is 9.90. The molecule has 4 nitrogen and oxygen atoms in total. The number of Topliss-reactive ketones (excluding diaryl/α,β-unsaturated/α-hetero) is 1. The van der Waals surface area contributed by atoms with Crippen LogP contribution < -0.4 is 14.8 Å². The van der Waals surface area contributed by atoms with E-state index in [0.29, 0.717) is 14.9 Å². The van der Waals surface area contributed by atoms with Crippen molar-refractivity contribution in [2.45, 2.75) is 34.6 Å². The van der Waals surface area contributed by atoms with Crippen LogP contribution in [-0.2, 0) is 4.79 Å². The van der Waals surface area contributed by atoms with Crippen LogP contribution in [0.25, 0.3) is 17.3 Å². The lowest BCUT2D eigenvalue weighted by Crippen LogP contribution is -2.33. The lowest BCUT2D eigenvalue weighted by atomic mass is 9.87. The molecular weight excluding hydrogens is 472 g/mol. The van der Waals surface area contributed by atoms with Crippen molar-refractivity contribution in [3.8, 4) is 11.8 Å². The van der Waals surface area contributed by atoms with E-state index in [4.69, 9.17) is 0 Å². The molecule has 0 bridgehead atoms. The number of hydrogen-bond acceptors (Lipinski definition) is 4. The van der Waals surface area contributed by atoms with Gasteiger partial charge in [-0.05, 0) is 43.2 Å². The van der Waals surface area contributed by atoms with E-state index >= 15 is 0 Å². The average molecular weight is 495 g/mol. The summed E-state index contributed by atoms with van der Waals surface area (Å²) in [7, 11) is 0. The second-order valence-corrected chi connectivity index (χ2v) is 10.3. The summed E-state index contributed by atoms with van der Waals surface area (Å²) in [6.07, 6.45) is 1.79. The topological polar surface area (TPSA) is 62.9 Å². The fourth-order valence-corrected chi connectivity index (χ4v) is 4.71. The van der Waals surface area contributed by atoms with Crippen molar-refractivity contribution in [3.05, 3.63) is 83.2 Å². The van der Waals surface area contributed by atoms with Crippen LogP contribution in [0.5, 0.6) is 0 Å². The first-order valence-electron chi connectivity index (χ1n) is 9.79. The maximum Gasteiger partial charge on any atom is 0.273 e. The van der Waals surface area contributed by atoms with Crippen molar-refractivity contribution in [3.63, 3.8) is 0 Å². The van der Waals surface area contributed by atoms with Gasteiger partial charge < -0.3 is 0 Å². The highest BCUT2D eigenvalue weighted by Gasteiger charge is 2.27. The number of rotatable bonds is 3. The number of nitriles is 1. The number of nitrogens with zero attached hydrogens (tertiary/aromatic N) is 2. The third kappa shape index (κ3) is 4.63. The van der Waals surface area contributed by atoms with Crippen molar-refractivity contribution in [2.75, 3.05) is 0 Å². The molecule has 3 aromatic rings. The Morgan fingerprint density at radius 1 is 1.16 bits per heavy atom. The minimum absolute atomic E-state index is 0.00125. The maximum absolute atomic E-state index is 13.5. The van der Waals surface area contributed by atoms with Crippen LogP contribution >= 0.6 is 27.3 Å². The van der Waals surface area contributed by atoms with Gasteiger partial charge in [-0.15, -0.1) is 11.3 Å². The van der Waals surface area contributed by atoms with Crippen LogP contribution in [0.1, 0.15) is 37.5 Å². The normalized spacial score (nSPS) is 13.1. The minimum atomic E-state index is -0.745. The minimum Gasteiger partial charge on any atom is -0.293 e. The van der Waals surface area contributed by atoms with Crippen molar-refractivity contribution >= 4 is 44.7 Å². The summed E-state index contributed by atoms with van der Waals surface area (Å²) in [5.41, 5.74) is 2.49. The Bertz CT molecular complexity index is 1400. The van der Waals surface area contributed by atoms with Gasteiger partial charge in [0.25, 0.3) is 5.56 Å². The van der Waals surface area contributed by atoms with E-state index in [0.717, 1.165) is 21.2 Å². The molecule has 0 unspecified atom stereocenters. The summed E-state index contributed by atoms with van der Waals surface area (Å²) >= 11 is 4.68. The summed E-state index contributed by atoms with van der Waals surface area (Å²) in [6.45, 7) is 9.22. The van der Waals surface area contributed by atoms with Gasteiger partial charge in [0, 0.05) is 9.89 Å². The van der Waals surface area contributed by atoms with E-state index in [1.54, 1.807) is 26.8 Å². The molecule has 1 heterocycles. The monoisotopic (exact) mass is 494 g/mol. The standard InChI is InChI=1S/C25H23BrN2O2S/c1-15-10-11-20(16(2)12-15)28-23(30)21(13-17-8-6-7-9-19(17)26)31-24(28)18(14-27)22(29)25(3,4)5/h6-13H,1-5H3/b21-13+,24-18+. The number of benzene rings is 2. The quantitative estimate of drug-likeness (QED) is 0.541. The van der Waals surface area contributed by atoms with Gasteiger partial charge in [-0.3, -0.25) is 14.2 Å². The fraction of sp³-hybridized carbons (Fsp3) is 0.240. The summed E-state index contributed by atoms with van der Waals surface area (Å²) < 4.78 is 3.18. The van der Waals surface area contributed by atoms with Gasteiger partial charge in [0.1, 0.15) is 16.3 Å². The predicted molar refractivity (Wildman–Crippen MR) is 130 cm³/mol. The van der Waals surface area contributed by atoms with Crippen molar-refractivity contribution in [1.29, 1.82) is 5.26 Å². The Morgan fingerprint density at radius 2 is 1.84 bits per heavy atom. The van der Waals surface area contributed by atoms with E-state index in [1.165, 1.54) is 15.9 Å². The van der Waals surface area contributed by atoms with Gasteiger partial charge in [-0.25, -0.2) is 0 Å². The molecule has 0 aliphatic heterocycles. The Morgan fingerprint density at radius 3 is 2.42 bits per heavy atom. The zero-order valence-corrected chi connectivity index (χ0v) is 20.5. The third-order valence-electron chi connectivity index (χ3n) is 4.84. The molecule has 158 valence electrons. The SMILES string of the molecule is Cc1ccc(-n2c(=O)/c(=C\c3ccccc3Br)s/c2=C(\C#N)C(=O)C(C)(C)C)c(C)c1. The molecule has 1 aromatic heterocycles. The number of aryl methyl sites for hydroxylation is 2. The highest BCUT2D eigenvalue weighted by molar-refractivity contribution is 9.10. The van der Waals surface area contributed by atoms with Crippen LogP contribution in [0, 0.1) is 30.6 Å². The third-order valence-corrected chi connectivity index (χ3v) is 6.66. The number of aromatic nitrogens is 1. The highest BCUT2D eigenvalue weighted by Crippen LogP contribution is 2.21. The molecule has 0 fully saturated rings. The molecule has 0 radical (unpaired) electrons. The Kier molecular flexibility index (Phi) is 6.49. The van der Waals surface area contributed by atoms with Gasteiger partial charge in [0.2, 0.25) is 0 Å². The molecule has 0 atom stereocenters. The lowest BCUT2D eigenvalue weighted by molar-refractivity contribution is -0.120. The Balaban J connectivity index is 2.50. The van der Waals surface area contributed by atoms with Crippen LogP contribution in [-0.4, -0.2) is 10.4 Å². The molecular formula is C25H23BrN2O2S. The smallest absolute Gasteiger partial charge is 0.273 e. The second kappa shape index (κ2) is 8.78. The molecule has 3 rings (SSSR count). The number of halogens is 1. The van der Waals surface area contributed by atoms with Crippen molar-refractivity contribution in [2.24, 2.45) is 5.41 Å². The van der Waals surface area contributed by atoms with Crippen LogP contribution in [0.2, 0.25) is 0 Å². The molecule has 0 aliphatic carbocycles. The first-order valence-corrected chi connectivity index (χ1v) is 11.4. The Hall–Kier alpha value is -2.75. The molecule has 2 aromatic carbocycles. The van der Waals surface area contributed by atoms with E-state index in [1.807, 2.05) is 56.3 Å². The summed E-state index contributed by atoms with van der Waals surface area (Å²) in [4.78, 5) is 26.6. The van der Waals surface area contributed by atoms with Gasteiger partial charge >= 0.3 is 0 Å². The number of hydrogen-bond donors (Lipinski definition) is 0. The molecule has 0 spiro atoms. The van der Waals surface area contributed by atoms with Crippen LogP contribution in [0.4, 0.5) is 0 Å². The van der Waals surface area contributed by atoms with E-state index < -0.39 is 5.41 Å². The molecule has 0 saturated carbocycles. The molecule has 6 heteroatoms. The zero-order valence-electron chi connectivity index (χ0n) is 18.1. The van der Waals surface area contributed by atoms with E-state index in [-0.39, 0.29) is 16.9 Å². The largest absolute Gasteiger partial charge is 0.293 e. The second-order valence-electron chi connectivity index (χ2n) is 8.43. The molecule has 0 saturated heterocycles. The zero-order chi connectivity index (χ0) is 22.9. The molecule has 0 amide bonds. The van der Waals surface area contributed by atoms with Crippen molar-refractivity contribution in [1.82, 2.24) is 4.57 Å². The number of carbonyl (C=O) groups excluding carboxylic acids is 1. The van der Waals surface area contributed by atoms with Gasteiger partial charge in [0.05, 0.1) is 10.2 Å². The summed E-state index contributed by atoms with van der Waals surface area (Å²) in [5.74, 6) is -0.290. The van der Waals surface area contributed by atoms with Crippen LogP contribution in [0.15, 0.2) is 51.7 Å². The lowest BCUT2D eigenvalue weighted by Gasteiger charge is -2.15. The number of thiazole rings is 1. The van der Waals surface area contributed by atoms with Crippen LogP contribution in [0.3, 0.4) is 0 Å². The molecule has 0 N–H and O–H groups in total. The average Bonchev–Trinajstić information content (AvgIpc) is 3.00. The number of ketones is 1.